The van der Waals surface area contributed by atoms with E-state index in [1.165, 1.54) is 6.07 Å². The summed E-state index contributed by atoms with van der Waals surface area (Å²) in [7, 11) is 2.07. The van der Waals surface area contributed by atoms with E-state index >= 15 is 0 Å². The molecule has 2 N–H and O–H groups in total. The van der Waals surface area contributed by atoms with Crippen molar-refractivity contribution in [3.63, 3.8) is 0 Å². The van der Waals surface area contributed by atoms with Crippen molar-refractivity contribution in [3.8, 4) is 0 Å². The first-order valence-corrected chi connectivity index (χ1v) is 8.28. The van der Waals surface area contributed by atoms with Crippen LogP contribution in [0.15, 0.2) is 30.4 Å². The SMILES string of the molecule is C=C(C)CNC(=O)N[C@@H](C)c1ccc(N2CCN(C)CC2)c(F)c1. The molecule has 6 heteroatoms. The summed E-state index contributed by atoms with van der Waals surface area (Å²) in [4.78, 5) is 16.1. The Hall–Kier alpha value is -2.08. The number of nitrogens with one attached hydrogen (secondary N) is 2. The number of halogens is 1. The number of carbonyl (C=O) groups is 1. The van der Waals surface area contributed by atoms with Gasteiger partial charge in [-0.1, -0.05) is 18.2 Å². The van der Waals surface area contributed by atoms with Gasteiger partial charge in [0.05, 0.1) is 11.7 Å². The second kappa shape index (κ2) is 8.15. The molecule has 24 heavy (non-hydrogen) atoms. The van der Waals surface area contributed by atoms with E-state index in [9.17, 15) is 9.18 Å². The summed E-state index contributed by atoms with van der Waals surface area (Å²) in [5.41, 5.74) is 2.25. The maximum atomic E-state index is 14.5. The summed E-state index contributed by atoms with van der Waals surface area (Å²) in [5.74, 6) is -0.243. The van der Waals surface area contributed by atoms with Crippen molar-refractivity contribution >= 4 is 11.7 Å². The normalized spacial score (nSPS) is 16.6. The lowest BCUT2D eigenvalue weighted by Gasteiger charge is -2.34. The Morgan fingerprint density at radius 3 is 2.58 bits per heavy atom. The molecule has 132 valence electrons. The van der Waals surface area contributed by atoms with E-state index in [-0.39, 0.29) is 17.9 Å². The number of likely N-dealkylation sites (N-methyl/N-ethyl adjacent to an activating group) is 1. The molecule has 0 aliphatic carbocycles. The lowest BCUT2D eigenvalue weighted by Crippen LogP contribution is -2.44. The first-order valence-electron chi connectivity index (χ1n) is 8.28. The zero-order valence-corrected chi connectivity index (χ0v) is 14.7. The Labute approximate surface area is 143 Å². The summed E-state index contributed by atoms with van der Waals surface area (Å²) in [6.45, 7) is 11.4. The molecule has 0 bridgehead atoms. The van der Waals surface area contributed by atoms with Gasteiger partial charge in [0.1, 0.15) is 5.82 Å². The average molecular weight is 334 g/mol. The van der Waals surface area contributed by atoms with Crippen molar-refractivity contribution in [1.29, 1.82) is 0 Å². The molecular formula is C18H27FN4O. The lowest BCUT2D eigenvalue weighted by atomic mass is 10.1. The molecule has 1 fully saturated rings. The van der Waals surface area contributed by atoms with Crippen LogP contribution >= 0.6 is 0 Å². The molecule has 0 unspecified atom stereocenters. The van der Waals surface area contributed by atoms with Gasteiger partial charge in [0, 0.05) is 32.7 Å². The molecular weight excluding hydrogens is 307 g/mol. The van der Waals surface area contributed by atoms with Gasteiger partial charge in [0.15, 0.2) is 0 Å². The van der Waals surface area contributed by atoms with Gasteiger partial charge < -0.3 is 20.4 Å². The van der Waals surface area contributed by atoms with Crippen LogP contribution < -0.4 is 15.5 Å². The number of amides is 2. The molecule has 1 aliphatic rings. The Morgan fingerprint density at radius 2 is 2.00 bits per heavy atom. The highest BCUT2D eigenvalue weighted by molar-refractivity contribution is 5.74. The molecule has 2 amide bonds. The average Bonchev–Trinajstić information content (AvgIpc) is 2.54. The van der Waals surface area contributed by atoms with E-state index in [1.54, 1.807) is 6.07 Å². The maximum Gasteiger partial charge on any atom is 0.315 e. The molecule has 1 aromatic carbocycles. The molecule has 1 saturated heterocycles. The minimum absolute atomic E-state index is 0.243. The van der Waals surface area contributed by atoms with Crippen LogP contribution in [0.25, 0.3) is 0 Å². The zero-order valence-electron chi connectivity index (χ0n) is 14.7. The largest absolute Gasteiger partial charge is 0.367 e. The summed E-state index contributed by atoms with van der Waals surface area (Å²) < 4.78 is 14.5. The second-order valence-corrected chi connectivity index (χ2v) is 6.51. The molecule has 1 aromatic rings. The molecule has 1 heterocycles. The Morgan fingerprint density at radius 1 is 1.33 bits per heavy atom. The quantitative estimate of drug-likeness (QED) is 0.814. The van der Waals surface area contributed by atoms with Crippen molar-refractivity contribution in [3.05, 3.63) is 41.7 Å². The Kier molecular flexibility index (Phi) is 6.20. The number of hydrogen-bond acceptors (Lipinski definition) is 3. The van der Waals surface area contributed by atoms with Gasteiger partial charge in [0.25, 0.3) is 0 Å². The highest BCUT2D eigenvalue weighted by atomic mass is 19.1. The van der Waals surface area contributed by atoms with E-state index in [2.05, 4.69) is 34.1 Å². The summed E-state index contributed by atoms with van der Waals surface area (Å²) in [6, 6.07) is 4.64. The maximum absolute atomic E-state index is 14.5. The van der Waals surface area contributed by atoms with Crippen LogP contribution in [0, 0.1) is 5.82 Å². The third kappa shape index (κ3) is 4.96. The van der Waals surface area contributed by atoms with Crippen LogP contribution in [0.2, 0.25) is 0 Å². The monoisotopic (exact) mass is 334 g/mol. The first kappa shape index (κ1) is 18.3. The van der Waals surface area contributed by atoms with Gasteiger partial charge >= 0.3 is 6.03 Å². The third-order valence-electron chi connectivity index (χ3n) is 4.21. The Balaban J connectivity index is 1.98. The summed E-state index contributed by atoms with van der Waals surface area (Å²) in [5, 5.41) is 5.51. The van der Waals surface area contributed by atoms with Gasteiger partial charge in [-0.15, -0.1) is 0 Å². The molecule has 0 aromatic heterocycles. The predicted molar refractivity (Wildman–Crippen MR) is 95.9 cm³/mol. The fraction of sp³-hybridized carbons (Fsp3) is 0.500. The third-order valence-corrected chi connectivity index (χ3v) is 4.21. The van der Waals surface area contributed by atoms with Gasteiger partial charge in [-0.2, -0.15) is 0 Å². The van der Waals surface area contributed by atoms with E-state index in [1.807, 2.05) is 19.9 Å². The van der Waals surface area contributed by atoms with Crippen LogP contribution in [0.4, 0.5) is 14.9 Å². The predicted octanol–water partition coefficient (Wildman–Crippen LogP) is 2.51. The van der Waals surface area contributed by atoms with E-state index in [4.69, 9.17) is 0 Å². The minimum Gasteiger partial charge on any atom is -0.367 e. The van der Waals surface area contributed by atoms with Crippen LogP contribution in [0.5, 0.6) is 0 Å². The molecule has 0 saturated carbocycles. The molecule has 1 atom stereocenters. The van der Waals surface area contributed by atoms with E-state index in [0.717, 1.165) is 37.3 Å². The first-order chi connectivity index (χ1) is 11.4. The molecule has 1 aliphatic heterocycles. The number of nitrogens with zero attached hydrogens (tertiary/aromatic N) is 2. The van der Waals surface area contributed by atoms with Crippen LogP contribution in [-0.4, -0.2) is 50.7 Å². The molecule has 0 spiro atoms. The van der Waals surface area contributed by atoms with Crippen molar-refractivity contribution in [2.45, 2.75) is 19.9 Å². The van der Waals surface area contributed by atoms with E-state index in [0.29, 0.717) is 12.2 Å². The topological polar surface area (TPSA) is 47.6 Å². The number of hydrogen-bond donors (Lipinski definition) is 2. The van der Waals surface area contributed by atoms with Crippen LogP contribution in [-0.2, 0) is 0 Å². The van der Waals surface area contributed by atoms with Gasteiger partial charge in [-0.3, -0.25) is 0 Å². The number of anilines is 1. The lowest BCUT2D eigenvalue weighted by molar-refractivity contribution is 0.238. The number of rotatable bonds is 5. The van der Waals surface area contributed by atoms with Crippen molar-refractivity contribution < 1.29 is 9.18 Å². The number of piperazine rings is 1. The minimum atomic E-state index is -0.283. The van der Waals surface area contributed by atoms with Crippen LogP contribution in [0.1, 0.15) is 25.5 Å². The molecule has 2 rings (SSSR count). The molecule has 5 nitrogen and oxygen atoms in total. The summed E-state index contributed by atoms with van der Waals surface area (Å²) in [6.07, 6.45) is 0. The van der Waals surface area contributed by atoms with Gasteiger partial charge in [-0.25, -0.2) is 9.18 Å². The highest BCUT2D eigenvalue weighted by Crippen LogP contribution is 2.24. The summed E-state index contributed by atoms with van der Waals surface area (Å²) >= 11 is 0. The number of benzene rings is 1. The Bertz CT molecular complexity index is 597. The van der Waals surface area contributed by atoms with Gasteiger partial charge in [-0.05, 0) is 38.6 Å². The van der Waals surface area contributed by atoms with Crippen molar-refractivity contribution in [1.82, 2.24) is 15.5 Å². The standard InChI is InChI=1S/C18H27FN4O/c1-13(2)12-20-18(24)21-14(3)15-5-6-17(16(19)11-15)23-9-7-22(4)8-10-23/h5-6,11,14H,1,7-10,12H2,2-4H3,(H2,20,21,24)/t14-/m0/s1. The zero-order chi connectivity index (χ0) is 17.7. The van der Waals surface area contributed by atoms with Crippen molar-refractivity contribution in [2.75, 3.05) is 44.7 Å². The number of urea groups is 1. The fourth-order valence-corrected chi connectivity index (χ4v) is 2.66. The molecule has 0 radical (unpaired) electrons. The van der Waals surface area contributed by atoms with E-state index < -0.39 is 0 Å². The van der Waals surface area contributed by atoms with Crippen molar-refractivity contribution in [2.24, 2.45) is 0 Å². The smallest absolute Gasteiger partial charge is 0.315 e. The van der Waals surface area contributed by atoms with Crippen LogP contribution in [0.3, 0.4) is 0 Å². The fourth-order valence-electron chi connectivity index (χ4n) is 2.66. The number of carbonyl (C=O) groups excluding carboxylic acids is 1. The van der Waals surface area contributed by atoms with Gasteiger partial charge in [0.2, 0.25) is 0 Å². The highest BCUT2D eigenvalue weighted by Gasteiger charge is 2.18. The second-order valence-electron chi connectivity index (χ2n) is 6.51.